The average molecular weight is 474 g/mol. The summed E-state index contributed by atoms with van der Waals surface area (Å²) in [6.45, 7) is 23.6. The average Bonchev–Trinajstić information content (AvgIpc) is 3.20. The normalized spacial score (nSPS) is 15.7. The van der Waals surface area contributed by atoms with E-state index in [4.69, 9.17) is 0 Å². The molecule has 0 bridgehead atoms. The fourth-order valence-electron chi connectivity index (χ4n) is 4.14. The standard InChI is InChI=1S/C21H27N3.5C2H6.H2/c1-22-19-8-5-9-20-21(19)17-11-14-24(15-12-18(17)23-20)13-10-16-6-3-2-4-7-16;5*1-2;/h2-6,8-9,16,22-23H,7,10-15H2,1H3;5*1-2H3;1H. The molecule has 4 rings (SSSR count). The molecule has 0 radical (unpaired) electrons. The minimum Gasteiger partial charge on any atom is -0.388 e. The molecule has 0 amide bonds. The van der Waals surface area contributed by atoms with Gasteiger partial charge in [-0.05, 0) is 49.4 Å². The Morgan fingerprint density at radius 1 is 0.912 bits per heavy atom. The molecule has 1 aliphatic heterocycles. The number of aromatic nitrogens is 1. The largest absolute Gasteiger partial charge is 0.388 e. The maximum Gasteiger partial charge on any atom is 0.0479 e. The molecule has 1 aromatic carbocycles. The molecule has 1 atom stereocenters. The molecule has 34 heavy (non-hydrogen) atoms. The summed E-state index contributed by atoms with van der Waals surface area (Å²) < 4.78 is 0. The lowest BCUT2D eigenvalue weighted by Crippen LogP contribution is -2.28. The van der Waals surface area contributed by atoms with Crippen LogP contribution >= 0.6 is 0 Å². The van der Waals surface area contributed by atoms with Gasteiger partial charge in [0.05, 0.1) is 0 Å². The molecule has 2 aliphatic rings. The van der Waals surface area contributed by atoms with E-state index in [0.717, 1.165) is 18.8 Å². The van der Waals surface area contributed by atoms with Crippen LogP contribution in [0.4, 0.5) is 5.69 Å². The van der Waals surface area contributed by atoms with Crippen LogP contribution in [0, 0.1) is 5.92 Å². The molecule has 1 aliphatic carbocycles. The number of benzene rings is 1. The fourth-order valence-corrected chi connectivity index (χ4v) is 4.14. The van der Waals surface area contributed by atoms with Crippen molar-refractivity contribution in [3.05, 3.63) is 53.8 Å². The molecule has 1 unspecified atom stereocenters. The van der Waals surface area contributed by atoms with Gasteiger partial charge in [-0.1, -0.05) is 99.6 Å². The van der Waals surface area contributed by atoms with Gasteiger partial charge in [-0.15, -0.1) is 0 Å². The summed E-state index contributed by atoms with van der Waals surface area (Å²) >= 11 is 0. The summed E-state index contributed by atoms with van der Waals surface area (Å²) in [7, 11) is 2.02. The third kappa shape index (κ3) is 10.5. The molecule has 198 valence electrons. The zero-order chi connectivity index (χ0) is 26.4. The molecule has 3 heteroatoms. The van der Waals surface area contributed by atoms with Gasteiger partial charge in [0.1, 0.15) is 0 Å². The lowest BCUT2D eigenvalue weighted by Gasteiger charge is -2.22. The van der Waals surface area contributed by atoms with E-state index in [9.17, 15) is 0 Å². The van der Waals surface area contributed by atoms with Crippen molar-refractivity contribution in [1.82, 2.24) is 9.88 Å². The summed E-state index contributed by atoms with van der Waals surface area (Å²) in [5.74, 6) is 0.729. The highest BCUT2D eigenvalue weighted by molar-refractivity contribution is 5.96. The van der Waals surface area contributed by atoms with E-state index in [1.165, 1.54) is 60.3 Å². The molecule has 0 saturated heterocycles. The molecular formula is C31H59N3. The van der Waals surface area contributed by atoms with Gasteiger partial charge in [0.2, 0.25) is 0 Å². The van der Waals surface area contributed by atoms with Crippen LogP contribution < -0.4 is 5.32 Å². The second-order valence-electron chi connectivity index (χ2n) is 7.00. The van der Waals surface area contributed by atoms with Crippen molar-refractivity contribution in [2.24, 2.45) is 5.92 Å². The number of nitrogens with zero attached hydrogens (tertiary/aromatic N) is 1. The number of hydrogen-bond acceptors (Lipinski definition) is 2. The van der Waals surface area contributed by atoms with E-state index in [0.29, 0.717) is 0 Å². The van der Waals surface area contributed by atoms with Crippen molar-refractivity contribution in [2.75, 3.05) is 32.0 Å². The van der Waals surface area contributed by atoms with Crippen LogP contribution in [0.1, 0.15) is 94.8 Å². The number of fused-ring (bicyclic) bond motifs is 3. The Balaban J connectivity index is -0.000000834. The van der Waals surface area contributed by atoms with E-state index in [1.54, 1.807) is 0 Å². The predicted molar refractivity (Wildman–Crippen MR) is 162 cm³/mol. The molecule has 2 aromatic rings. The number of hydrogen-bond donors (Lipinski definition) is 2. The van der Waals surface area contributed by atoms with Gasteiger partial charge in [0.15, 0.2) is 0 Å². The summed E-state index contributed by atoms with van der Waals surface area (Å²) in [4.78, 5) is 6.32. The summed E-state index contributed by atoms with van der Waals surface area (Å²) in [5.41, 5.74) is 5.49. The molecular weight excluding hydrogens is 414 g/mol. The maximum absolute atomic E-state index is 3.67. The number of aromatic amines is 1. The Hall–Kier alpha value is -2.00. The van der Waals surface area contributed by atoms with Gasteiger partial charge < -0.3 is 15.2 Å². The molecule has 3 nitrogen and oxygen atoms in total. The third-order valence-electron chi connectivity index (χ3n) is 5.53. The number of nitrogens with one attached hydrogen (secondary N) is 2. The van der Waals surface area contributed by atoms with Crippen molar-refractivity contribution < 1.29 is 1.43 Å². The minimum atomic E-state index is 0. The first-order valence-electron chi connectivity index (χ1n) is 14.2. The quantitative estimate of drug-likeness (QED) is 0.463. The maximum atomic E-state index is 3.67. The van der Waals surface area contributed by atoms with Crippen molar-refractivity contribution >= 4 is 16.6 Å². The lowest BCUT2D eigenvalue weighted by atomic mass is 9.97. The monoisotopic (exact) mass is 473 g/mol. The van der Waals surface area contributed by atoms with Crippen LogP contribution in [0.15, 0.2) is 42.5 Å². The van der Waals surface area contributed by atoms with E-state index in [2.05, 4.69) is 57.7 Å². The second kappa shape index (κ2) is 22.8. The smallest absolute Gasteiger partial charge is 0.0479 e. The first kappa shape index (κ1) is 34.2. The lowest BCUT2D eigenvalue weighted by molar-refractivity contribution is 0.271. The SMILES string of the molecule is CC.CC.CC.CC.CC.CNc1cccc2[nH]c3c(c12)CCN(CCC1C=CC=CC1)CC3.[HH]. The van der Waals surface area contributed by atoms with Crippen LogP contribution in [-0.4, -0.2) is 36.6 Å². The molecule has 1 aromatic heterocycles. The van der Waals surface area contributed by atoms with Gasteiger partial charge in [-0.3, -0.25) is 0 Å². The third-order valence-corrected chi connectivity index (χ3v) is 5.53. The summed E-state index contributed by atoms with van der Waals surface area (Å²) in [6.07, 6.45) is 13.8. The Labute approximate surface area is 214 Å². The number of allylic oxidation sites excluding steroid dienone is 4. The first-order valence-corrected chi connectivity index (χ1v) is 14.2. The van der Waals surface area contributed by atoms with Crippen molar-refractivity contribution in [1.29, 1.82) is 0 Å². The highest BCUT2D eigenvalue weighted by Gasteiger charge is 2.20. The van der Waals surface area contributed by atoms with E-state index < -0.39 is 0 Å². The van der Waals surface area contributed by atoms with Crippen LogP contribution in [0.2, 0.25) is 0 Å². The summed E-state index contributed by atoms with van der Waals surface area (Å²) in [5, 5.41) is 4.76. The molecule has 2 N–H and O–H groups in total. The van der Waals surface area contributed by atoms with Gasteiger partial charge in [0.25, 0.3) is 0 Å². The highest BCUT2D eigenvalue weighted by Crippen LogP contribution is 2.31. The molecule has 0 spiro atoms. The van der Waals surface area contributed by atoms with Gasteiger partial charge >= 0.3 is 0 Å². The van der Waals surface area contributed by atoms with Crippen molar-refractivity contribution in [2.45, 2.75) is 94.9 Å². The molecule has 2 heterocycles. The van der Waals surface area contributed by atoms with Crippen LogP contribution in [0.3, 0.4) is 0 Å². The first-order chi connectivity index (χ1) is 16.8. The topological polar surface area (TPSA) is 31.1 Å². The second-order valence-corrected chi connectivity index (χ2v) is 7.00. The van der Waals surface area contributed by atoms with E-state index in [1.807, 2.05) is 76.3 Å². The van der Waals surface area contributed by atoms with E-state index in [-0.39, 0.29) is 1.43 Å². The van der Waals surface area contributed by atoms with Gasteiger partial charge in [-0.25, -0.2) is 0 Å². The van der Waals surface area contributed by atoms with Gasteiger partial charge in [0, 0.05) is 50.3 Å². The van der Waals surface area contributed by atoms with Gasteiger partial charge in [-0.2, -0.15) is 0 Å². The molecule has 0 saturated carbocycles. The fraction of sp³-hybridized carbons (Fsp3) is 0.613. The molecule has 0 fully saturated rings. The van der Waals surface area contributed by atoms with Crippen molar-refractivity contribution in [3.63, 3.8) is 0 Å². The zero-order valence-corrected chi connectivity index (χ0v) is 24.5. The highest BCUT2D eigenvalue weighted by atomic mass is 15.1. The number of H-pyrrole nitrogens is 1. The Morgan fingerprint density at radius 3 is 2.15 bits per heavy atom. The zero-order valence-electron chi connectivity index (χ0n) is 24.5. The van der Waals surface area contributed by atoms with Crippen molar-refractivity contribution in [3.8, 4) is 0 Å². The number of rotatable bonds is 4. The minimum absolute atomic E-state index is 0. The Morgan fingerprint density at radius 2 is 1.56 bits per heavy atom. The predicted octanol–water partition coefficient (Wildman–Crippen LogP) is 9.51. The van der Waals surface area contributed by atoms with Crippen LogP contribution in [0.5, 0.6) is 0 Å². The number of anilines is 1. The summed E-state index contributed by atoms with van der Waals surface area (Å²) in [6, 6.07) is 6.51. The Bertz CT molecular complexity index is 777. The Kier molecular flexibility index (Phi) is 22.9. The van der Waals surface area contributed by atoms with Crippen LogP contribution in [0.25, 0.3) is 10.9 Å². The van der Waals surface area contributed by atoms with Crippen LogP contribution in [-0.2, 0) is 12.8 Å². The van der Waals surface area contributed by atoms with E-state index >= 15 is 0 Å².